The number of thiocarbonyl (C=S) groups is 1. The summed E-state index contributed by atoms with van der Waals surface area (Å²) in [5.74, 6) is -2.10. The third kappa shape index (κ3) is 9.60. The molecule has 20 heteroatoms. The lowest BCUT2D eigenvalue weighted by atomic mass is 10.1. The monoisotopic (exact) mass is 948 g/mol. The number of urea groups is 1. The van der Waals surface area contributed by atoms with Gasteiger partial charge in [-0.3, -0.25) is 39.0 Å². The molecule has 2 saturated heterocycles. The number of nitrogens with zero attached hydrogens (tertiary/aromatic N) is 3. The first-order valence-electron chi connectivity index (χ1n) is 20.3. The minimum atomic E-state index is -0.829. The molecule has 63 heavy (non-hydrogen) atoms. The molecule has 5 N–H and O–H groups in total. The molecule has 8 amide bonds. The first-order chi connectivity index (χ1) is 30.2. The number of halogens is 2. The number of hydrogen-bond acceptors (Lipinski definition) is 10. The zero-order valence-electron chi connectivity index (χ0n) is 33.9. The van der Waals surface area contributed by atoms with Crippen molar-refractivity contribution in [1.29, 1.82) is 0 Å². The Morgan fingerprint density at radius 1 is 0.857 bits per heavy atom. The van der Waals surface area contributed by atoms with Gasteiger partial charge in [0.2, 0.25) is 17.7 Å². The van der Waals surface area contributed by atoms with Crippen LogP contribution in [0, 0.1) is 6.92 Å². The molecule has 4 aromatic rings. The van der Waals surface area contributed by atoms with Gasteiger partial charge in [-0.2, -0.15) is 0 Å². The van der Waals surface area contributed by atoms with E-state index in [1.54, 1.807) is 34.5 Å². The molecule has 328 valence electrons. The number of amides is 8. The van der Waals surface area contributed by atoms with E-state index in [4.69, 9.17) is 35.4 Å². The van der Waals surface area contributed by atoms with Crippen LogP contribution < -0.4 is 26.6 Å². The Balaban J connectivity index is 0.824. The molecule has 0 saturated carbocycles. The van der Waals surface area contributed by atoms with E-state index in [0.717, 1.165) is 32.1 Å². The smallest absolute Gasteiger partial charge is 0.315 e. The molecule has 2 fully saturated rings. The SMILES string of the molecule is Cc1ccc(NC(=S)NCc2scc3c2CN(C2CCCC(=O)N(Cc4ccc(CNC(=O)NCc5cc6c(s5)C(=O)N(C5CCCC(=O)NC5=O)C6)cc4Cl)C2=O)C3=O)cc1Cl. The van der Waals surface area contributed by atoms with Crippen molar-refractivity contribution < 1.29 is 33.6 Å². The molecule has 4 aliphatic heterocycles. The third-order valence-corrected chi connectivity index (χ3v) is 14.7. The van der Waals surface area contributed by atoms with Crippen LogP contribution in [0.4, 0.5) is 10.5 Å². The highest BCUT2D eigenvalue weighted by Crippen LogP contribution is 2.36. The van der Waals surface area contributed by atoms with Crippen molar-refractivity contribution in [3.05, 3.63) is 106 Å². The molecule has 0 spiro atoms. The highest BCUT2D eigenvalue weighted by Gasteiger charge is 2.43. The van der Waals surface area contributed by atoms with Crippen molar-refractivity contribution in [1.82, 2.24) is 36.0 Å². The van der Waals surface area contributed by atoms with Gasteiger partial charge < -0.3 is 31.1 Å². The van der Waals surface area contributed by atoms with E-state index in [1.165, 1.54) is 32.5 Å². The number of nitrogens with one attached hydrogen (secondary N) is 5. The lowest BCUT2D eigenvalue weighted by Gasteiger charge is -2.29. The van der Waals surface area contributed by atoms with Crippen LogP contribution in [0.25, 0.3) is 0 Å². The van der Waals surface area contributed by atoms with Gasteiger partial charge >= 0.3 is 6.03 Å². The fraction of sp³-hybridized carbons (Fsp3) is 0.349. The van der Waals surface area contributed by atoms with E-state index in [2.05, 4.69) is 26.6 Å². The summed E-state index contributed by atoms with van der Waals surface area (Å²) in [5.41, 5.74) is 5.07. The maximum atomic E-state index is 14.1. The number of rotatable bonds is 11. The standard InChI is InChI=1S/C43H42Cl2N8O7S3/c1-22-8-11-26(14-30(22)44)49-43(61)48-17-34-28-20-52(39(57)29(28)21-62-34)33-5-3-7-36(55)53(40(33)58)18-24-10-9-23(12-31(24)45)15-46-42(60)47-16-27-13-25-19-51(41(59)37(25)63-27)32-4-2-6-35(54)50-38(32)56/h8-14,21,32-33H,2-7,15-20H2,1H3,(H2,46,47,60)(H2,48,49,61)(H,50,54,56). The summed E-state index contributed by atoms with van der Waals surface area (Å²) in [6.45, 7) is 3.03. The van der Waals surface area contributed by atoms with E-state index in [-0.39, 0.29) is 69.2 Å². The van der Waals surface area contributed by atoms with Crippen LogP contribution in [-0.4, -0.2) is 73.4 Å². The van der Waals surface area contributed by atoms with Gasteiger partial charge in [0.1, 0.15) is 12.1 Å². The summed E-state index contributed by atoms with van der Waals surface area (Å²) in [7, 11) is 0. The van der Waals surface area contributed by atoms with E-state index < -0.39 is 29.9 Å². The Morgan fingerprint density at radius 3 is 2.40 bits per heavy atom. The van der Waals surface area contributed by atoms with E-state index in [9.17, 15) is 33.6 Å². The van der Waals surface area contributed by atoms with Gasteiger partial charge in [0.05, 0.1) is 30.1 Å². The average molecular weight is 950 g/mol. The van der Waals surface area contributed by atoms with Gasteiger partial charge in [-0.15, -0.1) is 22.7 Å². The second-order valence-electron chi connectivity index (χ2n) is 15.8. The van der Waals surface area contributed by atoms with Gasteiger partial charge in [-0.25, -0.2) is 4.79 Å². The summed E-state index contributed by atoms with van der Waals surface area (Å²) in [6, 6.07) is 10.6. The summed E-state index contributed by atoms with van der Waals surface area (Å²) in [4.78, 5) is 97.8. The number of imide groups is 2. The molecule has 4 aliphatic rings. The minimum Gasteiger partial charge on any atom is -0.358 e. The van der Waals surface area contributed by atoms with Gasteiger partial charge in [-0.1, -0.05) is 41.4 Å². The van der Waals surface area contributed by atoms with E-state index in [1.807, 2.05) is 25.1 Å². The maximum Gasteiger partial charge on any atom is 0.315 e. The van der Waals surface area contributed by atoms with Crippen LogP contribution in [0.3, 0.4) is 0 Å². The Bertz CT molecular complexity index is 2580. The quantitative estimate of drug-likeness (QED) is 0.0865. The van der Waals surface area contributed by atoms with Crippen molar-refractivity contribution >= 4 is 110 Å². The lowest BCUT2D eigenvalue weighted by Crippen LogP contribution is -2.48. The molecule has 2 unspecified atom stereocenters. The molecule has 2 aromatic heterocycles. The first kappa shape index (κ1) is 44.2. The topological polar surface area (TPSA) is 189 Å². The van der Waals surface area contributed by atoms with Gasteiger partial charge in [0.15, 0.2) is 5.11 Å². The van der Waals surface area contributed by atoms with Crippen LogP contribution >= 0.6 is 58.1 Å². The van der Waals surface area contributed by atoms with Crippen LogP contribution in [0.1, 0.15) is 96.1 Å². The van der Waals surface area contributed by atoms with Gasteiger partial charge in [-0.05, 0) is 96.9 Å². The van der Waals surface area contributed by atoms with E-state index >= 15 is 0 Å². The van der Waals surface area contributed by atoms with Crippen molar-refractivity contribution in [2.24, 2.45) is 0 Å². The Hall–Kier alpha value is -5.40. The predicted octanol–water partition coefficient (Wildman–Crippen LogP) is 6.13. The number of thiophene rings is 2. The van der Waals surface area contributed by atoms with Gasteiger partial charge in [0, 0.05) is 63.3 Å². The predicted molar refractivity (Wildman–Crippen MR) is 242 cm³/mol. The number of likely N-dealkylation sites (tertiary alicyclic amines) is 1. The molecule has 6 heterocycles. The Morgan fingerprint density at radius 2 is 1.62 bits per heavy atom. The highest BCUT2D eigenvalue weighted by molar-refractivity contribution is 7.80. The zero-order valence-corrected chi connectivity index (χ0v) is 37.9. The minimum absolute atomic E-state index is 0.0745. The van der Waals surface area contributed by atoms with Crippen molar-refractivity contribution in [3.63, 3.8) is 0 Å². The average Bonchev–Trinajstić information content (AvgIpc) is 3.96. The number of anilines is 1. The second kappa shape index (κ2) is 18.8. The molecule has 15 nitrogen and oxygen atoms in total. The molecule has 0 radical (unpaired) electrons. The zero-order chi connectivity index (χ0) is 44.5. The van der Waals surface area contributed by atoms with Crippen LogP contribution in [0.15, 0.2) is 47.8 Å². The summed E-state index contributed by atoms with van der Waals surface area (Å²) < 4.78 is 0. The fourth-order valence-electron chi connectivity index (χ4n) is 8.13. The number of carbonyl (C=O) groups excluding carboxylic acids is 7. The molecule has 8 rings (SSSR count). The lowest BCUT2D eigenvalue weighted by molar-refractivity contribution is -0.147. The Labute approximate surface area is 385 Å². The summed E-state index contributed by atoms with van der Waals surface area (Å²) in [5, 5.41) is 17.4. The summed E-state index contributed by atoms with van der Waals surface area (Å²) in [6.07, 6.45) is 2.12. The second-order valence-corrected chi connectivity index (χ2v) is 19.1. The van der Waals surface area contributed by atoms with Crippen molar-refractivity contribution in [2.45, 2.75) is 96.8 Å². The largest absolute Gasteiger partial charge is 0.358 e. The number of aryl methyl sites for hydroxylation is 1. The van der Waals surface area contributed by atoms with Crippen LogP contribution in [-0.2, 0) is 58.4 Å². The highest BCUT2D eigenvalue weighted by atomic mass is 35.5. The normalized spacial score (nSPS) is 18.8. The molecule has 2 aromatic carbocycles. The van der Waals surface area contributed by atoms with Crippen LogP contribution in [0.2, 0.25) is 10.0 Å². The molecule has 0 aliphatic carbocycles. The molecule has 0 bridgehead atoms. The van der Waals surface area contributed by atoms with Crippen LogP contribution in [0.5, 0.6) is 0 Å². The molecule has 2 atom stereocenters. The first-order valence-corrected chi connectivity index (χ1v) is 23.2. The maximum absolute atomic E-state index is 14.1. The molecular weight excluding hydrogens is 908 g/mol. The van der Waals surface area contributed by atoms with Crippen molar-refractivity contribution in [2.75, 3.05) is 5.32 Å². The number of benzene rings is 2. The molecular formula is C43H42Cl2N8O7S3. The van der Waals surface area contributed by atoms with E-state index in [0.29, 0.717) is 69.0 Å². The fourth-order valence-corrected chi connectivity index (χ4v) is 10.8. The number of fused-ring (bicyclic) bond motifs is 2. The number of carbonyl (C=O) groups is 7. The third-order valence-electron chi connectivity index (χ3n) is 11.5. The number of hydrogen-bond donors (Lipinski definition) is 5. The summed E-state index contributed by atoms with van der Waals surface area (Å²) >= 11 is 21.2. The van der Waals surface area contributed by atoms with Crippen molar-refractivity contribution in [3.8, 4) is 0 Å². The van der Waals surface area contributed by atoms with Gasteiger partial charge in [0.25, 0.3) is 17.7 Å². The Kier molecular flexibility index (Phi) is 13.2.